The van der Waals surface area contributed by atoms with Crippen LogP contribution in [0.4, 0.5) is 0 Å². The second kappa shape index (κ2) is 6.75. The Morgan fingerprint density at radius 3 is 2.95 bits per heavy atom. The van der Waals surface area contributed by atoms with Crippen LogP contribution in [-0.4, -0.2) is 37.9 Å². The van der Waals surface area contributed by atoms with Gasteiger partial charge in [-0.2, -0.15) is 0 Å². The summed E-state index contributed by atoms with van der Waals surface area (Å²) < 4.78 is 0. The molecular weight excluding hydrogens is 286 g/mol. The van der Waals surface area contributed by atoms with Crippen LogP contribution in [0.1, 0.15) is 45.2 Å². The van der Waals surface area contributed by atoms with E-state index in [4.69, 9.17) is 0 Å². The largest absolute Gasteiger partial charge is 0.480 e. The molecule has 0 amide bonds. The first-order valence-corrected chi connectivity index (χ1v) is 8.27. The average molecular weight is 309 g/mol. The van der Waals surface area contributed by atoms with E-state index in [1.165, 1.54) is 0 Å². The van der Waals surface area contributed by atoms with E-state index in [1.54, 1.807) is 18.0 Å². The Balaban J connectivity index is 2.10. The van der Waals surface area contributed by atoms with E-state index in [-0.39, 0.29) is 11.3 Å². The summed E-state index contributed by atoms with van der Waals surface area (Å²) in [7, 11) is 0. The molecule has 1 aliphatic rings. The fourth-order valence-electron chi connectivity index (χ4n) is 2.90. The van der Waals surface area contributed by atoms with E-state index in [2.05, 4.69) is 15.3 Å². The molecule has 0 bridgehead atoms. The van der Waals surface area contributed by atoms with Gasteiger partial charge in [-0.3, -0.25) is 10.1 Å². The highest BCUT2D eigenvalue weighted by Crippen LogP contribution is 2.37. The Morgan fingerprint density at radius 2 is 2.33 bits per heavy atom. The highest BCUT2D eigenvalue weighted by atomic mass is 32.2. The average Bonchev–Trinajstić information content (AvgIpc) is 2.38. The lowest BCUT2D eigenvalue weighted by Gasteiger charge is -2.39. The zero-order chi connectivity index (χ0) is 15.5. The lowest BCUT2D eigenvalue weighted by atomic mass is 9.81. The first-order valence-electron chi connectivity index (χ1n) is 7.39. The van der Waals surface area contributed by atoms with E-state index in [9.17, 15) is 9.90 Å². The third-order valence-corrected chi connectivity index (χ3v) is 4.87. The molecule has 6 heteroatoms. The molecule has 0 aliphatic heterocycles. The van der Waals surface area contributed by atoms with E-state index in [0.29, 0.717) is 12.8 Å². The summed E-state index contributed by atoms with van der Waals surface area (Å²) in [5.41, 5.74) is 0.126. The van der Waals surface area contributed by atoms with Gasteiger partial charge in [-0.05, 0) is 52.5 Å². The maximum Gasteiger partial charge on any atom is 0.323 e. The van der Waals surface area contributed by atoms with Crippen LogP contribution in [0, 0.1) is 6.92 Å². The topological polar surface area (TPSA) is 75.1 Å². The minimum absolute atomic E-state index is 0.153. The quantitative estimate of drug-likeness (QED) is 0.814. The third kappa shape index (κ3) is 4.17. The second-order valence-electron chi connectivity index (χ2n) is 6.00. The molecule has 2 N–H and O–H groups in total. The summed E-state index contributed by atoms with van der Waals surface area (Å²) in [5, 5.41) is 13.9. The number of hydrogen-bond acceptors (Lipinski definition) is 5. The normalized spacial score (nSPS) is 26.0. The highest BCUT2D eigenvalue weighted by Gasteiger charge is 2.43. The van der Waals surface area contributed by atoms with Gasteiger partial charge in [0.05, 0.1) is 0 Å². The summed E-state index contributed by atoms with van der Waals surface area (Å²) in [6.07, 6.45) is 4.98. The maximum absolute atomic E-state index is 11.8. The molecule has 1 aliphatic carbocycles. The molecule has 1 saturated carbocycles. The standard InChI is InChI=1S/C15H23N3O2S/c1-10(2)18-15(13(19)20)7-4-5-12(9-15)21-14-16-8-6-11(3)17-14/h6,8,10,12,18H,4-5,7,9H2,1-3H3,(H,19,20). The molecule has 2 rings (SSSR count). The molecule has 5 nitrogen and oxygen atoms in total. The number of carbonyl (C=O) groups is 1. The van der Waals surface area contributed by atoms with Crippen molar-refractivity contribution in [1.29, 1.82) is 0 Å². The minimum Gasteiger partial charge on any atom is -0.480 e. The van der Waals surface area contributed by atoms with Crippen LogP contribution in [0.15, 0.2) is 17.4 Å². The number of thioether (sulfide) groups is 1. The van der Waals surface area contributed by atoms with Crippen molar-refractivity contribution in [2.75, 3.05) is 0 Å². The van der Waals surface area contributed by atoms with Crippen molar-refractivity contribution in [1.82, 2.24) is 15.3 Å². The molecule has 0 radical (unpaired) electrons. The van der Waals surface area contributed by atoms with Crippen molar-refractivity contribution in [3.05, 3.63) is 18.0 Å². The van der Waals surface area contributed by atoms with Gasteiger partial charge < -0.3 is 5.11 Å². The van der Waals surface area contributed by atoms with Crippen LogP contribution in [0.25, 0.3) is 0 Å². The van der Waals surface area contributed by atoms with Crippen LogP contribution < -0.4 is 5.32 Å². The van der Waals surface area contributed by atoms with Gasteiger partial charge in [-0.1, -0.05) is 11.8 Å². The first kappa shape index (κ1) is 16.2. The lowest BCUT2D eigenvalue weighted by molar-refractivity contribution is -0.146. The molecule has 116 valence electrons. The Bertz CT molecular complexity index is 509. The predicted octanol–water partition coefficient (Wildman–Crippen LogP) is 2.64. The molecule has 0 spiro atoms. The monoisotopic (exact) mass is 309 g/mol. The lowest BCUT2D eigenvalue weighted by Crippen LogP contribution is -2.57. The van der Waals surface area contributed by atoms with E-state index < -0.39 is 11.5 Å². The van der Waals surface area contributed by atoms with E-state index >= 15 is 0 Å². The number of rotatable bonds is 5. The van der Waals surface area contributed by atoms with Gasteiger partial charge in [0.1, 0.15) is 5.54 Å². The Hall–Kier alpha value is -1.14. The van der Waals surface area contributed by atoms with Gasteiger partial charge >= 0.3 is 5.97 Å². The van der Waals surface area contributed by atoms with Gasteiger partial charge in [-0.25, -0.2) is 9.97 Å². The molecule has 1 fully saturated rings. The number of aliphatic carboxylic acids is 1. The third-order valence-electron chi connectivity index (χ3n) is 3.72. The van der Waals surface area contributed by atoms with E-state index in [1.807, 2.05) is 26.8 Å². The zero-order valence-corrected chi connectivity index (χ0v) is 13.6. The summed E-state index contributed by atoms with van der Waals surface area (Å²) in [6, 6.07) is 2.02. The summed E-state index contributed by atoms with van der Waals surface area (Å²) >= 11 is 1.60. The molecular formula is C15H23N3O2S. The van der Waals surface area contributed by atoms with Gasteiger partial charge in [0, 0.05) is 23.2 Å². The molecule has 0 saturated heterocycles. The van der Waals surface area contributed by atoms with Crippen molar-refractivity contribution >= 4 is 17.7 Å². The fourth-order valence-corrected chi connectivity index (χ4v) is 4.17. The van der Waals surface area contributed by atoms with E-state index in [0.717, 1.165) is 23.7 Å². The number of nitrogens with one attached hydrogen (secondary N) is 1. The smallest absolute Gasteiger partial charge is 0.323 e. The number of aromatic nitrogens is 2. The number of aryl methyl sites for hydroxylation is 1. The highest BCUT2D eigenvalue weighted by molar-refractivity contribution is 7.99. The van der Waals surface area contributed by atoms with Gasteiger partial charge in [0.2, 0.25) is 0 Å². The van der Waals surface area contributed by atoms with Crippen molar-refractivity contribution in [2.24, 2.45) is 0 Å². The van der Waals surface area contributed by atoms with Gasteiger partial charge in [0.25, 0.3) is 0 Å². The molecule has 21 heavy (non-hydrogen) atoms. The molecule has 0 aromatic carbocycles. The Kier molecular flexibility index (Phi) is 5.22. The molecule has 1 aromatic heterocycles. The molecule has 2 unspecified atom stereocenters. The Labute approximate surface area is 130 Å². The molecule has 2 atom stereocenters. The zero-order valence-electron chi connectivity index (χ0n) is 12.8. The first-order chi connectivity index (χ1) is 9.91. The Morgan fingerprint density at radius 1 is 1.57 bits per heavy atom. The van der Waals surface area contributed by atoms with Crippen molar-refractivity contribution in [3.63, 3.8) is 0 Å². The number of hydrogen-bond donors (Lipinski definition) is 2. The number of carboxylic acid groups (broad SMARTS) is 1. The summed E-state index contributed by atoms with van der Waals surface area (Å²) in [6.45, 7) is 5.92. The molecule has 1 heterocycles. The number of nitrogens with zero attached hydrogens (tertiary/aromatic N) is 2. The SMILES string of the molecule is Cc1ccnc(SC2CCCC(NC(C)C)(C(=O)O)C2)n1. The van der Waals surface area contributed by atoms with Gasteiger partial charge in [-0.15, -0.1) is 0 Å². The summed E-state index contributed by atoms with van der Waals surface area (Å²) in [4.78, 5) is 20.4. The summed E-state index contributed by atoms with van der Waals surface area (Å²) in [5.74, 6) is -0.744. The predicted molar refractivity (Wildman–Crippen MR) is 83.5 cm³/mol. The number of carboxylic acids is 1. The van der Waals surface area contributed by atoms with Crippen LogP contribution in [0.5, 0.6) is 0 Å². The fraction of sp³-hybridized carbons (Fsp3) is 0.667. The van der Waals surface area contributed by atoms with Crippen LogP contribution in [-0.2, 0) is 4.79 Å². The van der Waals surface area contributed by atoms with Crippen LogP contribution in [0.2, 0.25) is 0 Å². The minimum atomic E-state index is -0.812. The van der Waals surface area contributed by atoms with Crippen LogP contribution in [0.3, 0.4) is 0 Å². The van der Waals surface area contributed by atoms with Crippen molar-refractivity contribution < 1.29 is 9.90 Å². The van der Waals surface area contributed by atoms with Crippen molar-refractivity contribution in [2.45, 2.75) is 68.4 Å². The molecule has 1 aromatic rings. The van der Waals surface area contributed by atoms with Crippen molar-refractivity contribution in [3.8, 4) is 0 Å². The second-order valence-corrected chi connectivity index (χ2v) is 7.27. The van der Waals surface area contributed by atoms with Crippen LogP contribution >= 0.6 is 11.8 Å². The van der Waals surface area contributed by atoms with Gasteiger partial charge in [0.15, 0.2) is 5.16 Å². The maximum atomic E-state index is 11.8.